The van der Waals surface area contributed by atoms with Gasteiger partial charge in [-0.3, -0.25) is 4.98 Å². The number of ether oxygens (including phenoxy) is 1. The molecule has 0 unspecified atom stereocenters. The Bertz CT molecular complexity index is 421. The normalized spacial score (nSPS) is 10.5. The SMILES string of the molecule is C#CCCCOc1ccc(C)nc1CNCC(C)C. The van der Waals surface area contributed by atoms with E-state index in [1.165, 1.54) is 0 Å². The second kappa shape index (κ2) is 8.55. The van der Waals surface area contributed by atoms with Gasteiger partial charge in [-0.1, -0.05) is 13.8 Å². The Morgan fingerprint density at radius 2 is 2.21 bits per heavy atom. The van der Waals surface area contributed by atoms with Crippen LogP contribution in [0.25, 0.3) is 0 Å². The van der Waals surface area contributed by atoms with Crippen LogP contribution in [-0.2, 0) is 6.54 Å². The summed E-state index contributed by atoms with van der Waals surface area (Å²) in [5, 5.41) is 3.40. The van der Waals surface area contributed by atoms with Gasteiger partial charge in [-0.15, -0.1) is 12.3 Å². The number of pyridine rings is 1. The van der Waals surface area contributed by atoms with E-state index in [9.17, 15) is 0 Å². The van der Waals surface area contributed by atoms with Crippen LogP contribution in [0.15, 0.2) is 12.1 Å². The highest BCUT2D eigenvalue weighted by Gasteiger charge is 2.06. The van der Waals surface area contributed by atoms with Gasteiger partial charge in [0, 0.05) is 18.7 Å². The van der Waals surface area contributed by atoms with Gasteiger partial charge in [0.25, 0.3) is 0 Å². The largest absolute Gasteiger partial charge is 0.492 e. The highest BCUT2D eigenvalue weighted by Crippen LogP contribution is 2.17. The number of terminal acetylenes is 1. The summed E-state index contributed by atoms with van der Waals surface area (Å²) in [4.78, 5) is 4.54. The molecule has 0 radical (unpaired) electrons. The summed E-state index contributed by atoms with van der Waals surface area (Å²) in [5.41, 5.74) is 1.98. The minimum absolute atomic E-state index is 0.629. The van der Waals surface area contributed by atoms with E-state index in [0.717, 1.165) is 43.1 Å². The van der Waals surface area contributed by atoms with Gasteiger partial charge >= 0.3 is 0 Å². The molecule has 0 bridgehead atoms. The maximum absolute atomic E-state index is 5.75. The Balaban J connectivity index is 2.56. The molecule has 104 valence electrons. The highest BCUT2D eigenvalue weighted by molar-refractivity contribution is 5.29. The Labute approximate surface area is 116 Å². The van der Waals surface area contributed by atoms with Gasteiger partial charge in [0.05, 0.1) is 12.3 Å². The van der Waals surface area contributed by atoms with Crippen molar-refractivity contribution in [3.63, 3.8) is 0 Å². The molecule has 0 saturated heterocycles. The first-order chi connectivity index (χ1) is 9.13. The molecule has 1 aromatic heterocycles. The summed E-state index contributed by atoms with van der Waals surface area (Å²) in [5.74, 6) is 4.11. The number of nitrogens with one attached hydrogen (secondary N) is 1. The molecule has 0 saturated carbocycles. The molecule has 0 aromatic carbocycles. The summed E-state index contributed by atoms with van der Waals surface area (Å²) >= 11 is 0. The Morgan fingerprint density at radius 1 is 1.42 bits per heavy atom. The Kier molecular flexibility index (Phi) is 6.99. The minimum atomic E-state index is 0.629. The third-order valence-electron chi connectivity index (χ3n) is 2.64. The van der Waals surface area contributed by atoms with Crippen LogP contribution in [0.3, 0.4) is 0 Å². The lowest BCUT2D eigenvalue weighted by Crippen LogP contribution is -2.20. The van der Waals surface area contributed by atoms with Crippen LogP contribution in [0.5, 0.6) is 5.75 Å². The van der Waals surface area contributed by atoms with E-state index in [1.54, 1.807) is 0 Å². The highest BCUT2D eigenvalue weighted by atomic mass is 16.5. The fourth-order valence-corrected chi connectivity index (χ4v) is 1.69. The topological polar surface area (TPSA) is 34.1 Å². The molecule has 0 spiro atoms. The molecule has 1 heterocycles. The van der Waals surface area contributed by atoms with Crippen LogP contribution in [0.2, 0.25) is 0 Å². The number of aromatic nitrogens is 1. The van der Waals surface area contributed by atoms with Crippen LogP contribution in [0.4, 0.5) is 0 Å². The smallest absolute Gasteiger partial charge is 0.142 e. The fraction of sp³-hybridized carbons (Fsp3) is 0.562. The lowest BCUT2D eigenvalue weighted by molar-refractivity contribution is 0.306. The van der Waals surface area contributed by atoms with E-state index < -0.39 is 0 Å². The molecule has 19 heavy (non-hydrogen) atoms. The van der Waals surface area contributed by atoms with Gasteiger partial charge in [-0.05, 0) is 37.9 Å². The molecule has 0 aliphatic rings. The number of hydrogen-bond acceptors (Lipinski definition) is 3. The molecule has 0 atom stereocenters. The van der Waals surface area contributed by atoms with Gasteiger partial charge < -0.3 is 10.1 Å². The zero-order valence-corrected chi connectivity index (χ0v) is 12.2. The molecule has 3 nitrogen and oxygen atoms in total. The van der Waals surface area contributed by atoms with Crippen molar-refractivity contribution in [1.82, 2.24) is 10.3 Å². The first kappa shape index (κ1) is 15.5. The van der Waals surface area contributed by atoms with Crippen LogP contribution in [0.1, 0.15) is 38.1 Å². The molecule has 3 heteroatoms. The maximum Gasteiger partial charge on any atom is 0.142 e. The fourth-order valence-electron chi connectivity index (χ4n) is 1.69. The molecule has 0 aliphatic carbocycles. The Morgan fingerprint density at radius 3 is 2.89 bits per heavy atom. The molecule has 0 fully saturated rings. The van der Waals surface area contributed by atoms with Gasteiger partial charge in [0.1, 0.15) is 5.75 Å². The number of unbranched alkanes of at least 4 members (excludes halogenated alkanes) is 1. The lowest BCUT2D eigenvalue weighted by atomic mass is 10.2. The van der Waals surface area contributed by atoms with Crippen LogP contribution < -0.4 is 10.1 Å². The molecular weight excluding hydrogens is 236 g/mol. The third-order valence-corrected chi connectivity index (χ3v) is 2.64. The molecular formula is C16H24N2O. The second-order valence-electron chi connectivity index (χ2n) is 5.08. The van der Waals surface area contributed by atoms with Crippen molar-refractivity contribution in [1.29, 1.82) is 0 Å². The van der Waals surface area contributed by atoms with Crippen molar-refractivity contribution in [3.8, 4) is 18.1 Å². The van der Waals surface area contributed by atoms with E-state index in [2.05, 4.69) is 30.1 Å². The van der Waals surface area contributed by atoms with Crippen LogP contribution >= 0.6 is 0 Å². The average molecular weight is 260 g/mol. The quantitative estimate of drug-likeness (QED) is 0.576. The van der Waals surface area contributed by atoms with E-state index in [1.807, 2.05) is 19.1 Å². The van der Waals surface area contributed by atoms with Crippen molar-refractivity contribution >= 4 is 0 Å². The second-order valence-corrected chi connectivity index (χ2v) is 5.08. The first-order valence-electron chi connectivity index (χ1n) is 6.87. The van der Waals surface area contributed by atoms with Gasteiger partial charge in [-0.2, -0.15) is 0 Å². The zero-order valence-electron chi connectivity index (χ0n) is 12.2. The van der Waals surface area contributed by atoms with E-state index in [4.69, 9.17) is 11.2 Å². The number of aryl methyl sites for hydroxylation is 1. The van der Waals surface area contributed by atoms with E-state index in [-0.39, 0.29) is 0 Å². The lowest BCUT2D eigenvalue weighted by Gasteiger charge is -2.12. The van der Waals surface area contributed by atoms with Crippen LogP contribution in [-0.4, -0.2) is 18.1 Å². The molecule has 1 rings (SSSR count). The third kappa shape index (κ3) is 6.26. The number of rotatable bonds is 8. The van der Waals surface area contributed by atoms with E-state index in [0.29, 0.717) is 12.5 Å². The number of hydrogen-bond donors (Lipinski definition) is 1. The van der Waals surface area contributed by atoms with Crippen molar-refractivity contribution < 1.29 is 4.74 Å². The van der Waals surface area contributed by atoms with Crippen LogP contribution in [0, 0.1) is 25.2 Å². The molecule has 0 amide bonds. The Hall–Kier alpha value is -1.53. The maximum atomic E-state index is 5.75. The van der Waals surface area contributed by atoms with Crippen molar-refractivity contribution in [2.75, 3.05) is 13.2 Å². The van der Waals surface area contributed by atoms with Crippen molar-refractivity contribution in [2.24, 2.45) is 5.92 Å². The molecule has 0 aliphatic heterocycles. The van der Waals surface area contributed by atoms with Gasteiger partial charge in [0.2, 0.25) is 0 Å². The van der Waals surface area contributed by atoms with Crippen molar-refractivity contribution in [2.45, 2.75) is 40.2 Å². The summed E-state index contributed by atoms with van der Waals surface area (Å²) in [6, 6.07) is 3.97. The standard InChI is InChI=1S/C16H24N2O/c1-5-6-7-10-19-16-9-8-14(4)18-15(16)12-17-11-13(2)3/h1,8-9,13,17H,6-7,10-12H2,2-4H3. The van der Waals surface area contributed by atoms with Gasteiger partial charge in [0.15, 0.2) is 0 Å². The van der Waals surface area contributed by atoms with Gasteiger partial charge in [-0.25, -0.2) is 0 Å². The van der Waals surface area contributed by atoms with E-state index >= 15 is 0 Å². The predicted molar refractivity (Wildman–Crippen MR) is 79.1 cm³/mol. The first-order valence-corrected chi connectivity index (χ1v) is 6.87. The molecule has 1 N–H and O–H groups in total. The summed E-state index contributed by atoms with van der Waals surface area (Å²) in [6.45, 7) is 8.73. The minimum Gasteiger partial charge on any atom is -0.492 e. The summed E-state index contributed by atoms with van der Waals surface area (Å²) < 4.78 is 5.75. The summed E-state index contributed by atoms with van der Waals surface area (Å²) in [6.07, 6.45) is 6.85. The predicted octanol–water partition coefficient (Wildman–Crippen LogP) is 2.93. The summed E-state index contributed by atoms with van der Waals surface area (Å²) in [7, 11) is 0. The zero-order chi connectivity index (χ0) is 14.1. The number of nitrogens with zero attached hydrogens (tertiary/aromatic N) is 1. The average Bonchev–Trinajstić information content (AvgIpc) is 2.36. The molecule has 1 aromatic rings. The van der Waals surface area contributed by atoms with Crippen molar-refractivity contribution in [3.05, 3.63) is 23.5 Å². The monoisotopic (exact) mass is 260 g/mol.